The maximum Gasteiger partial charge on any atom is 0.240 e. The average Bonchev–Trinajstić information content (AvgIpc) is 2.55. The van der Waals surface area contributed by atoms with Crippen LogP contribution >= 0.6 is 0 Å². The normalized spacial score (nSPS) is 21.8. The zero-order chi connectivity index (χ0) is 16.9. The molecule has 2 N–H and O–H groups in total. The minimum atomic E-state index is -3.40. The summed E-state index contributed by atoms with van der Waals surface area (Å²) in [5.74, 6) is 0.634. The highest BCUT2D eigenvalue weighted by atomic mass is 32.2. The Morgan fingerprint density at radius 3 is 2.43 bits per heavy atom. The van der Waals surface area contributed by atoms with Crippen LogP contribution in [0.15, 0.2) is 29.2 Å². The van der Waals surface area contributed by atoms with E-state index in [-0.39, 0.29) is 10.8 Å². The number of benzene rings is 1. The molecule has 2 atom stereocenters. The molecule has 1 fully saturated rings. The number of nitrogens with one attached hydrogen (secondary N) is 2. The van der Waals surface area contributed by atoms with Gasteiger partial charge in [-0.15, -0.1) is 0 Å². The first-order valence-corrected chi connectivity index (χ1v) is 9.72. The van der Waals surface area contributed by atoms with Crippen LogP contribution in [-0.2, 0) is 21.2 Å². The Labute approximate surface area is 138 Å². The molecule has 1 amide bonds. The molecule has 0 aromatic heterocycles. The van der Waals surface area contributed by atoms with Crippen LogP contribution in [0.4, 0.5) is 0 Å². The van der Waals surface area contributed by atoms with Crippen LogP contribution < -0.4 is 10.0 Å². The van der Waals surface area contributed by atoms with Gasteiger partial charge in [0.2, 0.25) is 15.9 Å². The molecular weight excluding hydrogens is 312 g/mol. The molecule has 0 radical (unpaired) electrons. The van der Waals surface area contributed by atoms with Gasteiger partial charge >= 0.3 is 0 Å². The number of aryl methyl sites for hydroxylation is 1. The molecule has 23 heavy (non-hydrogen) atoms. The van der Waals surface area contributed by atoms with Crippen LogP contribution in [0.25, 0.3) is 0 Å². The predicted octanol–water partition coefficient (Wildman–Crippen LogP) is 2.22. The number of carbonyl (C=O) groups is 1. The second-order valence-electron chi connectivity index (χ2n) is 6.29. The maximum atomic E-state index is 12.1. The number of hydrogen-bond donors (Lipinski definition) is 2. The van der Waals surface area contributed by atoms with E-state index in [2.05, 4.69) is 17.0 Å². The highest BCUT2D eigenvalue weighted by Crippen LogP contribution is 2.23. The monoisotopic (exact) mass is 338 g/mol. The third-order valence-corrected chi connectivity index (χ3v) is 6.03. The maximum absolute atomic E-state index is 12.1. The zero-order valence-corrected chi connectivity index (χ0v) is 14.7. The SMILES string of the molecule is CNS(=O)(=O)c1ccc(CCC(=O)NC2CCCCC2C)cc1. The molecule has 2 rings (SSSR count). The minimum absolute atomic E-state index is 0.0793. The fourth-order valence-corrected chi connectivity index (χ4v) is 3.75. The highest BCUT2D eigenvalue weighted by Gasteiger charge is 2.22. The van der Waals surface area contributed by atoms with E-state index in [0.29, 0.717) is 24.8 Å². The number of sulfonamides is 1. The molecular formula is C17H26N2O3S. The minimum Gasteiger partial charge on any atom is -0.353 e. The summed E-state index contributed by atoms with van der Waals surface area (Å²) < 4.78 is 25.6. The largest absolute Gasteiger partial charge is 0.353 e. The van der Waals surface area contributed by atoms with Crippen molar-refractivity contribution in [1.29, 1.82) is 0 Å². The van der Waals surface area contributed by atoms with Crippen molar-refractivity contribution in [3.63, 3.8) is 0 Å². The third-order valence-electron chi connectivity index (χ3n) is 4.60. The van der Waals surface area contributed by atoms with Crippen LogP contribution in [0.1, 0.15) is 44.6 Å². The quantitative estimate of drug-likeness (QED) is 0.835. The topological polar surface area (TPSA) is 75.3 Å². The lowest BCUT2D eigenvalue weighted by Gasteiger charge is -2.29. The Morgan fingerprint density at radius 2 is 1.83 bits per heavy atom. The summed E-state index contributed by atoms with van der Waals surface area (Å²) in [7, 11) is -2.01. The van der Waals surface area contributed by atoms with E-state index in [1.165, 1.54) is 26.3 Å². The van der Waals surface area contributed by atoms with Gasteiger partial charge < -0.3 is 5.32 Å². The van der Waals surface area contributed by atoms with Gasteiger partial charge in [-0.25, -0.2) is 13.1 Å². The van der Waals surface area contributed by atoms with Crippen molar-refractivity contribution in [2.45, 2.75) is 56.4 Å². The van der Waals surface area contributed by atoms with E-state index in [1.807, 2.05) is 0 Å². The Kier molecular flexibility index (Phi) is 6.18. The van der Waals surface area contributed by atoms with Crippen LogP contribution in [-0.4, -0.2) is 27.4 Å². The van der Waals surface area contributed by atoms with E-state index in [9.17, 15) is 13.2 Å². The molecule has 2 unspecified atom stereocenters. The summed E-state index contributed by atoms with van der Waals surface area (Å²) >= 11 is 0. The van der Waals surface area contributed by atoms with Crippen molar-refractivity contribution in [1.82, 2.24) is 10.0 Å². The van der Waals surface area contributed by atoms with Gasteiger partial charge in [0, 0.05) is 12.5 Å². The Morgan fingerprint density at radius 1 is 1.17 bits per heavy atom. The fourth-order valence-electron chi connectivity index (χ4n) is 3.02. The molecule has 6 heteroatoms. The third kappa shape index (κ3) is 5.04. The summed E-state index contributed by atoms with van der Waals surface area (Å²) in [5.41, 5.74) is 0.965. The lowest BCUT2D eigenvalue weighted by Crippen LogP contribution is -2.41. The van der Waals surface area contributed by atoms with E-state index in [1.54, 1.807) is 24.3 Å². The number of rotatable bonds is 6. The molecule has 0 spiro atoms. The molecule has 1 aromatic rings. The Hall–Kier alpha value is -1.40. The van der Waals surface area contributed by atoms with Crippen molar-refractivity contribution < 1.29 is 13.2 Å². The Bertz CT molecular complexity index is 626. The van der Waals surface area contributed by atoms with Crippen LogP contribution in [0.2, 0.25) is 0 Å². The molecule has 1 aromatic carbocycles. The van der Waals surface area contributed by atoms with E-state index in [0.717, 1.165) is 12.0 Å². The number of hydrogen-bond acceptors (Lipinski definition) is 3. The fraction of sp³-hybridized carbons (Fsp3) is 0.588. The molecule has 1 aliphatic rings. The van der Waals surface area contributed by atoms with E-state index >= 15 is 0 Å². The average molecular weight is 338 g/mol. The predicted molar refractivity (Wildman–Crippen MR) is 90.6 cm³/mol. The molecule has 0 bridgehead atoms. The lowest BCUT2D eigenvalue weighted by molar-refractivity contribution is -0.122. The smallest absolute Gasteiger partial charge is 0.240 e. The summed E-state index contributed by atoms with van der Waals surface area (Å²) in [5, 5.41) is 3.14. The number of amides is 1. The summed E-state index contributed by atoms with van der Waals surface area (Å²) in [6.45, 7) is 2.20. The summed E-state index contributed by atoms with van der Waals surface area (Å²) in [6, 6.07) is 6.98. The zero-order valence-electron chi connectivity index (χ0n) is 13.8. The second kappa shape index (κ2) is 7.93. The lowest BCUT2D eigenvalue weighted by atomic mass is 9.86. The van der Waals surface area contributed by atoms with E-state index in [4.69, 9.17) is 0 Å². The standard InChI is InChI=1S/C17H26N2O3S/c1-13-5-3-4-6-16(13)19-17(20)12-9-14-7-10-15(11-8-14)23(21,22)18-2/h7-8,10-11,13,16,18H,3-6,9,12H2,1-2H3,(H,19,20). The van der Waals surface area contributed by atoms with Crippen molar-refractivity contribution in [3.8, 4) is 0 Å². The Balaban J connectivity index is 1.84. The molecule has 5 nitrogen and oxygen atoms in total. The van der Waals surface area contributed by atoms with Crippen molar-refractivity contribution in [3.05, 3.63) is 29.8 Å². The van der Waals surface area contributed by atoms with Crippen LogP contribution in [0, 0.1) is 5.92 Å². The van der Waals surface area contributed by atoms with Gasteiger partial charge in [-0.1, -0.05) is 31.9 Å². The van der Waals surface area contributed by atoms with Crippen molar-refractivity contribution in [2.24, 2.45) is 5.92 Å². The van der Waals surface area contributed by atoms with Crippen LogP contribution in [0.5, 0.6) is 0 Å². The van der Waals surface area contributed by atoms with Gasteiger partial charge in [0.25, 0.3) is 0 Å². The second-order valence-corrected chi connectivity index (χ2v) is 8.17. The molecule has 128 valence electrons. The van der Waals surface area contributed by atoms with Crippen LogP contribution in [0.3, 0.4) is 0 Å². The van der Waals surface area contributed by atoms with Gasteiger partial charge in [0.05, 0.1) is 4.90 Å². The van der Waals surface area contributed by atoms with Gasteiger partial charge in [0.1, 0.15) is 0 Å². The van der Waals surface area contributed by atoms with Crippen molar-refractivity contribution in [2.75, 3.05) is 7.05 Å². The summed E-state index contributed by atoms with van der Waals surface area (Å²) in [6.07, 6.45) is 5.76. The molecule has 0 saturated heterocycles. The van der Waals surface area contributed by atoms with Gasteiger partial charge in [-0.3, -0.25) is 4.79 Å². The van der Waals surface area contributed by atoms with E-state index < -0.39 is 10.0 Å². The molecule has 1 aliphatic carbocycles. The molecule has 1 saturated carbocycles. The number of carbonyl (C=O) groups excluding carboxylic acids is 1. The van der Waals surface area contributed by atoms with Gasteiger partial charge in [-0.05, 0) is 49.9 Å². The first-order valence-electron chi connectivity index (χ1n) is 8.24. The molecule has 0 heterocycles. The highest BCUT2D eigenvalue weighted by molar-refractivity contribution is 7.89. The first-order chi connectivity index (χ1) is 10.9. The summed E-state index contributed by atoms with van der Waals surface area (Å²) in [4.78, 5) is 12.3. The van der Waals surface area contributed by atoms with Gasteiger partial charge in [-0.2, -0.15) is 0 Å². The molecule has 0 aliphatic heterocycles. The van der Waals surface area contributed by atoms with Gasteiger partial charge in [0.15, 0.2) is 0 Å². The first kappa shape index (κ1) is 17.9. The van der Waals surface area contributed by atoms with Crippen molar-refractivity contribution >= 4 is 15.9 Å².